The van der Waals surface area contributed by atoms with E-state index in [2.05, 4.69) is 15.9 Å². The van der Waals surface area contributed by atoms with Crippen LogP contribution in [0.4, 0.5) is 4.79 Å². The summed E-state index contributed by atoms with van der Waals surface area (Å²) in [5.74, 6) is -4.04. The summed E-state index contributed by atoms with van der Waals surface area (Å²) < 4.78 is 11.7. The molecule has 0 spiro atoms. The van der Waals surface area contributed by atoms with Crippen LogP contribution in [0.1, 0.15) is 43.4 Å². The number of carbonyl (C=O) groups excluding carboxylic acids is 3. The van der Waals surface area contributed by atoms with Crippen LogP contribution in [-0.2, 0) is 25.5 Å². The van der Waals surface area contributed by atoms with E-state index in [1.807, 2.05) is 60.7 Å². The molecule has 4 rings (SSSR count). The van der Waals surface area contributed by atoms with Gasteiger partial charge in [0.2, 0.25) is 5.91 Å². The number of cyclic esters (lactones) is 1. The Kier molecular flexibility index (Phi) is 8.59. The van der Waals surface area contributed by atoms with Gasteiger partial charge in [0, 0.05) is 13.0 Å². The molecule has 0 radical (unpaired) electrons. The van der Waals surface area contributed by atoms with Gasteiger partial charge in [-0.05, 0) is 59.3 Å². The number of ether oxygens (including phenoxy) is 2. The Bertz CT molecular complexity index is 1160. The predicted octanol–water partition coefficient (Wildman–Crippen LogP) is 4.05. The molecule has 2 aliphatic heterocycles. The van der Waals surface area contributed by atoms with Crippen molar-refractivity contribution < 1.29 is 34.1 Å². The Balaban J connectivity index is 1.66. The zero-order chi connectivity index (χ0) is 26.6. The maximum atomic E-state index is 14.0. The number of hydrogen-bond donors (Lipinski definition) is 2. The Hall–Kier alpha value is -2.85. The maximum absolute atomic E-state index is 14.0. The van der Waals surface area contributed by atoms with Crippen LogP contribution in [0.3, 0.4) is 0 Å². The Labute approximate surface area is 224 Å². The highest BCUT2D eigenvalue weighted by atomic mass is 79.9. The van der Waals surface area contributed by atoms with E-state index in [0.717, 1.165) is 16.0 Å². The van der Waals surface area contributed by atoms with Crippen molar-refractivity contribution in [2.75, 3.05) is 6.61 Å². The Morgan fingerprint density at radius 1 is 1.08 bits per heavy atom. The van der Waals surface area contributed by atoms with Crippen LogP contribution < -0.4 is 0 Å². The van der Waals surface area contributed by atoms with Crippen molar-refractivity contribution in [3.63, 3.8) is 0 Å². The molecule has 8 nitrogen and oxygen atoms in total. The van der Waals surface area contributed by atoms with E-state index >= 15 is 0 Å². The topological polar surface area (TPSA) is 113 Å². The van der Waals surface area contributed by atoms with Gasteiger partial charge in [0.25, 0.3) is 0 Å². The second-order valence-corrected chi connectivity index (χ2v) is 10.2. The van der Waals surface area contributed by atoms with Gasteiger partial charge < -0.3 is 19.7 Å². The molecule has 0 saturated carbocycles. The van der Waals surface area contributed by atoms with E-state index < -0.39 is 47.7 Å². The number of amides is 2. The molecule has 5 atom stereocenters. The van der Waals surface area contributed by atoms with Crippen molar-refractivity contribution in [2.24, 2.45) is 5.92 Å². The molecule has 9 heteroatoms. The van der Waals surface area contributed by atoms with E-state index in [1.54, 1.807) is 6.92 Å². The lowest BCUT2D eigenvalue weighted by atomic mass is 9.87. The molecule has 2 N–H and O–H groups in total. The van der Waals surface area contributed by atoms with Gasteiger partial charge in [0.1, 0.15) is 12.2 Å². The van der Waals surface area contributed by atoms with Crippen molar-refractivity contribution in [1.82, 2.24) is 4.90 Å². The average Bonchev–Trinajstić information content (AvgIpc) is 3.19. The number of imide groups is 1. The molecule has 0 aromatic heterocycles. The molecule has 0 bridgehead atoms. The monoisotopic (exact) mass is 571 g/mol. The highest BCUT2D eigenvalue weighted by Gasteiger charge is 2.51. The van der Waals surface area contributed by atoms with Crippen LogP contribution in [-0.4, -0.2) is 57.4 Å². The molecule has 2 amide bonds. The Morgan fingerprint density at radius 2 is 1.73 bits per heavy atom. The second-order valence-electron chi connectivity index (χ2n) is 9.36. The number of unbranched alkanes of at least 4 members (excludes halogenated alkanes) is 1. The fourth-order valence-corrected chi connectivity index (χ4v) is 5.31. The smallest absolute Gasteiger partial charge is 0.417 e. The summed E-state index contributed by atoms with van der Waals surface area (Å²) in [7, 11) is 0. The van der Waals surface area contributed by atoms with Gasteiger partial charge in [-0.15, -0.1) is 0 Å². The van der Waals surface area contributed by atoms with E-state index in [-0.39, 0.29) is 23.9 Å². The molecule has 0 aliphatic carbocycles. The number of aliphatic hydroxyl groups excluding tert-OH is 1. The van der Waals surface area contributed by atoms with Crippen molar-refractivity contribution in [1.29, 1.82) is 0 Å². The maximum Gasteiger partial charge on any atom is 0.417 e. The third kappa shape index (κ3) is 5.85. The van der Waals surface area contributed by atoms with Gasteiger partial charge in [-0.2, -0.15) is 0 Å². The highest BCUT2D eigenvalue weighted by molar-refractivity contribution is 9.11. The highest BCUT2D eigenvalue weighted by Crippen LogP contribution is 2.39. The third-order valence-corrected chi connectivity index (χ3v) is 7.63. The summed E-state index contributed by atoms with van der Waals surface area (Å²) in [5, 5.41) is 20.4. The standard InChI is InChI=1S/C28H30BrNO7/c1-18-24(20-12-6-3-7-13-20)36-27(34)30(18)26(33)21(16-19-10-4-2-5-11-19)25-22(32)17-23(29)28(35,37-25)14-8-9-15-31/h2-7,10-13,17-18,21,24-25,31,35H,8-9,14-16H2,1H3/t18-,21-,24-,25-,28+/m0/s1. The molecule has 2 heterocycles. The molecule has 0 unspecified atom stereocenters. The minimum absolute atomic E-state index is 0.0492. The van der Waals surface area contributed by atoms with Crippen LogP contribution in [0.5, 0.6) is 0 Å². The van der Waals surface area contributed by atoms with E-state index in [4.69, 9.17) is 14.6 Å². The molecule has 37 heavy (non-hydrogen) atoms. The lowest BCUT2D eigenvalue weighted by Crippen LogP contribution is -2.53. The molecule has 196 valence electrons. The first-order valence-electron chi connectivity index (χ1n) is 12.3. The average molecular weight is 572 g/mol. The van der Waals surface area contributed by atoms with Crippen LogP contribution in [0.15, 0.2) is 71.2 Å². The first kappa shape index (κ1) is 27.2. The number of halogens is 1. The van der Waals surface area contributed by atoms with Crippen molar-refractivity contribution in [2.45, 2.75) is 56.6 Å². The van der Waals surface area contributed by atoms with Crippen LogP contribution in [0.2, 0.25) is 0 Å². The molecule has 1 fully saturated rings. The molecule has 1 saturated heterocycles. The zero-order valence-electron chi connectivity index (χ0n) is 20.5. The van der Waals surface area contributed by atoms with Crippen LogP contribution >= 0.6 is 15.9 Å². The molecule has 2 aliphatic rings. The van der Waals surface area contributed by atoms with Crippen molar-refractivity contribution in [3.8, 4) is 0 Å². The summed E-state index contributed by atoms with van der Waals surface area (Å²) >= 11 is 3.24. The number of rotatable bonds is 9. The molecule has 2 aromatic rings. The molecule has 2 aromatic carbocycles. The van der Waals surface area contributed by atoms with Gasteiger partial charge in [-0.25, -0.2) is 9.69 Å². The normalized spacial score (nSPS) is 26.5. The minimum Gasteiger partial charge on any atom is -0.439 e. The summed E-state index contributed by atoms with van der Waals surface area (Å²) in [4.78, 5) is 41.1. The number of ketones is 1. The third-order valence-electron chi connectivity index (χ3n) is 6.78. The predicted molar refractivity (Wildman–Crippen MR) is 138 cm³/mol. The largest absolute Gasteiger partial charge is 0.439 e. The van der Waals surface area contributed by atoms with Crippen molar-refractivity contribution >= 4 is 33.7 Å². The fraction of sp³-hybridized carbons (Fsp3) is 0.393. The quantitative estimate of drug-likeness (QED) is 0.436. The number of benzene rings is 2. The van der Waals surface area contributed by atoms with Gasteiger partial charge in [-0.1, -0.05) is 60.7 Å². The number of nitrogens with zero attached hydrogens (tertiary/aromatic N) is 1. The molecular weight excluding hydrogens is 542 g/mol. The zero-order valence-corrected chi connectivity index (χ0v) is 22.0. The number of carbonyl (C=O) groups is 3. The molecular formula is C28H30BrNO7. The summed E-state index contributed by atoms with van der Waals surface area (Å²) in [6.45, 7) is 1.68. The number of aliphatic hydroxyl groups is 2. The summed E-state index contributed by atoms with van der Waals surface area (Å²) in [5.41, 5.74) is 1.53. The summed E-state index contributed by atoms with van der Waals surface area (Å²) in [6, 6.07) is 17.7. The first-order chi connectivity index (χ1) is 17.7. The van der Waals surface area contributed by atoms with Crippen LogP contribution in [0, 0.1) is 5.92 Å². The van der Waals surface area contributed by atoms with E-state index in [0.29, 0.717) is 12.8 Å². The van der Waals surface area contributed by atoms with Gasteiger partial charge in [-0.3, -0.25) is 9.59 Å². The van der Waals surface area contributed by atoms with Gasteiger partial charge in [0.15, 0.2) is 11.6 Å². The van der Waals surface area contributed by atoms with Gasteiger partial charge in [0.05, 0.1) is 16.4 Å². The van der Waals surface area contributed by atoms with Crippen LogP contribution in [0.25, 0.3) is 0 Å². The van der Waals surface area contributed by atoms with Gasteiger partial charge >= 0.3 is 6.09 Å². The SMILES string of the molecule is C[C@H]1[C@@H](c2ccccc2)OC(=O)N1C(=O)[C@@H](Cc1ccccc1)[C@@H]1O[C@](O)(CCCCO)C(Br)=CC1=O. The first-order valence-corrected chi connectivity index (χ1v) is 13.1. The second kappa shape index (κ2) is 11.7. The summed E-state index contributed by atoms with van der Waals surface area (Å²) in [6.07, 6.45) is -0.442. The van der Waals surface area contributed by atoms with E-state index in [9.17, 15) is 19.5 Å². The fourth-order valence-electron chi connectivity index (χ4n) is 4.80. The lowest BCUT2D eigenvalue weighted by Gasteiger charge is -2.38. The number of hydrogen-bond acceptors (Lipinski definition) is 7. The van der Waals surface area contributed by atoms with Crippen molar-refractivity contribution in [3.05, 3.63) is 82.3 Å². The Morgan fingerprint density at radius 3 is 2.38 bits per heavy atom. The van der Waals surface area contributed by atoms with E-state index in [1.165, 1.54) is 6.08 Å². The lowest BCUT2D eigenvalue weighted by molar-refractivity contribution is -0.218. The minimum atomic E-state index is -1.84.